The molecule has 2 heterocycles. The van der Waals surface area contributed by atoms with Crippen molar-refractivity contribution in [2.45, 2.75) is 18.8 Å². The zero-order valence-electron chi connectivity index (χ0n) is 10.2. The zero-order valence-corrected chi connectivity index (χ0v) is 11.8. The summed E-state index contributed by atoms with van der Waals surface area (Å²) in [6.45, 7) is 1.45. The molecule has 0 spiro atoms. The Kier molecular flexibility index (Phi) is 3.52. The Morgan fingerprint density at radius 1 is 1.37 bits per heavy atom. The van der Waals surface area contributed by atoms with Gasteiger partial charge in [0.1, 0.15) is 5.75 Å². The Morgan fingerprint density at radius 3 is 3.00 bits per heavy atom. The largest absolute Gasteiger partial charge is 0.507 e. The van der Waals surface area contributed by atoms with Gasteiger partial charge in [-0.25, -0.2) is 0 Å². The van der Waals surface area contributed by atoms with Crippen molar-refractivity contribution < 1.29 is 14.4 Å². The molecule has 1 aromatic heterocycles. The minimum absolute atomic E-state index is 0.151. The normalized spacial score (nSPS) is 19.5. The highest BCUT2D eigenvalue weighted by molar-refractivity contribution is 9.10. The van der Waals surface area contributed by atoms with Crippen LogP contribution in [-0.4, -0.2) is 28.5 Å². The first-order valence-corrected chi connectivity index (χ1v) is 6.93. The third kappa shape index (κ3) is 2.64. The Balaban J connectivity index is 1.85. The lowest BCUT2D eigenvalue weighted by molar-refractivity contribution is 0.0773. The molecule has 0 saturated carbocycles. The van der Waals surface area contributed by atoms with Crippen molar-refractivity contribution in [2.24, 2.45) is 0 Å². The highest BCUT2D eigenvalue weighted by Crippen LogP contribution is 2.30. The number of rotatable bonds is 2. The first kappa shape index (κ1) is 12.6. The van der Waals surface area contributed by atoms with Gasteiger partial charge in [-0.3, -0.25) is 0 Å². The lowest BCUT2D eigenvalue weighted by atomic mass is 10.0. The van der Waals surface area contributed by atoms with Crippen molar-refractivity contribution in [3.05, 3.63) is 28.5 Å². The highest BCUT2D eigenvalue weighted by Gasteiger charge is 2.22. The molecule has 100 valence electrons. The number of ether oxygens (including phenoxy) is 1. The molecular formula is C13H13BrN2O3. The van der Waals surface area contributed by atoms with Gasteiger partial charge in [-0.2, -0.15) is 4.98 Å². The van der Waals surface area contributed by atoms with E-state index in [1.807, 2.05) is 6.07 Å². The summed E-state index contributed by atoms with van der Waals surface area (Å²) in [5.74, 6) is 1.45. The number of phenolic OH excluding ortho intramolecular Hbond substituents is 1. The average molecular weight is 325 g/mol. The fourth-order valence-electron chi connectivity index (χ4n) is 2.11. The van der Waals surface area contributed by atoms with Crippen LogP contribution in [0.25, 0.3) is 11.5 Å². The molecule has 1 aliphatic heterocycles. The second-order valence-corrected chi connectivity index (χ2v) is 5.39. The van der Waals surface area contributed by atoms with E-state index >= 15 is 0 Å². The molecule has 1 aromatic carbocycles. The fraction of sp³-hybridized carbons (Fsp3) is 0.385. The van der Waals surface area contributed by atoms with E-state index in [0.717, 1.165) is 19.4 Å². The molecule has 1 saturated heterocycles. The van der Waals surface area contributed by atoms with E-state index in [0.29, 0.717) is 28.4 Å². The number of aromatic nitrogens is 2. The van der Waals surface area contributed by atoms with Gasteiger partial charge in [-0.05, 0) is 47.0 Å². The number of hydrogen-bond acceptors (Lipinski definition) is 5. The lowest BCUT2D eigenvalue weighted by Crippen LogP contribution is -2.16. The molecule has 3 rings (SSSR count). The SMILES string of the molecule is Oc1cc(-c2nc(C3CCCOC3)no2)ccc1Br. The maximum atomic E-state index is 9.66. The third-order valence-electron chi connectivity index (χ3n) is 3.16. The molecule has 1 N–H and O–H groups in total. The minimum Gasteiger partial charge on any atom is -0.507 e. The average Bonchev–Trinajstić information content (AvgIpc) is 2.93. The Labute approximate surface area is 118 Å². The van der Waals surface area contributed by atoms with Crippen molar-refractivity contribution in [1.82, 2.24) is 10.1 Å². The van der Waals surface area contributed by atoms with Gasteiger partial charge >= 0.3 is 0 Å². The molecule has 5 nitrogen and oxygen atoms in total. The van der Waals surface area contributed by atoms with Gasteiger partial charge in [0.25, 0.3) is 5.89 Å². The van der Waals surface area contributed by atoms with Crippen LogP contribution in [-0.2, 0) is 4.74 Å². The molecule has 0 bridgehead atoms. The van der Waals surface area contributed by atoms with E-state index in [1.54, 1.807) is 12.1 Å². The van der Waals surface area contributed by atoms with Gasteiger partial charge in [0.05, 0.1) is 11.1 Å². The van der Waals surface area contributed by atoms with Gasteiger partial charge < -0.3 is 14.4 Å². The van der Waals surface area contributed by atoms with Gasteiger partial charge in [-0.15, -0.1) is 0 Å². The molecular weight excluding hydrogens is 312 g/mol. The molecule has 6 heteroatoms. The topological polar surface area (TPSA) is 68.4 Å². The van der Waals surface area contributed by atoms with Crippen LogP contribution in [0, 0.1) is 0 Å². The first-order chi connectivity index (χ1) is 9.24. The maximum absolute atomic E-state index is 9.66. The summed E-state index contributed by atoms with van der Waals surface area (Å²) in [6.07, 6.45) is 2.04. The smallest absolute Gasteiger partial charge is 0.258 e. The van der Waals surface area contributed by atoms with Gasteiger partial charge in [0.2, 0.25) is 0 Å². The third-order valence-corrected chi connectivity index (χ3v) is 3.83. The monoisotopic (exact) mass is 324 g/mol. The van der Waals surface area contributed by atoms with Crippen LogP contribution in [0.5, 0.6) is 5.75 Å². The summed E-state index contributed by atoms with van der Waals surface area (Å²) in [4.78, 5) is 4.39. The van der Waals surface area contributed by atoms with Gasteiger partial charge in [0, 0.05) is 18.1 Å². The van der Waals surface area contributed by atoms with E-state index < -0.39 is 0 Å². The molecule has 1 aliphatic rings. The quantitative estimate of drug-likeness (QED) is 0.919. The van der Waals surface area contributed by atoms with Crippen molar-refractivity contribution in [1.29, 1.82) is 0 Å². The number of aromatic hydroxyl groups is 1. The van der Waals surface area contributed by atoms with Crippen LogP contribution < -0.4 is 0 Å². The molecule has 2 aromatic rings. The van der Waals surface area contributed by atoms with E-state index in [1.165, 1.54) is 0 Å². The predicted octanol–water partition coefficient (Wildman–Crippen LogP) is 3.10. The number of phenols is 1. The molecule has 1 unspecified atom stereocenters. The number of benzene rings is 1. The van der Waals surface area contributed by atoms with E-state index in [4.69, 9.17) is 9.26 Å². The van der Waals surface area contributed by atoms with Gasteiger partial charge in [-0.1, -0.05) is 5.16 Å². The summed E-state index contributed by atoms with van der Waals surface area (Å²) in [5, 5.41) is 13.7. The summed E-state index contributed by atoms with van der Waals surface area (Å²) < 4.78 is 11.3. The van der Waals surface area contributed by atoms with Crippen LogP contribution in [0.3, 0.4) is 0 Å². The van der Waals surface area contributed by atoms with Crippen molar-refractivity contribution >= 4 is 15.9 Å². The van der Waals surface area contributed by atoms with Crippen LogP contribution >= 0.6 is 15.9 Å². The first-order valence-electron chi connectivity index (χ1n) is 6.14. The Hall–Kier alpha value is -1.40. The van der Waals surface area contributed by atoms with Crippen molar-refractivity contribution in [3.8, 4) is 17.2 Å². The standard InChI is InChI=1S/C13H13BrN2O3/c14-10-4-3-8(6-11(10)17)13-15-12(16-19-13)9-2-1-5-18-7-9/h3-4,6,9,17H,1-2,5,7H2. The van der Waals surface area contributed by atoms with Crippen LogP contribution in [0.4, 0.5) is 0 Å². The highest BCUT2D eigenvalue weighted by atomic mass is 79.9. The van der Waals surface area contributed by atoms with Crippen molar-refractivity contribution in [2.75, 3.05) is 13.2 Å². The van der Waals surface area contributed by atoms with E-state index in [-0.39, 0.29) is 11.7 Å². The number of nitrogens with zero attached hydrogens (tertiary/aromatic N) is 2. The molecule has 1 fully saturated rings. The van der Waals surface area contributed by atoms with Crippen LogP contribution in [0.1, 0.15) is 24.6 Å². The van der Waals surface area contributed by atoms with Gasteiger partial charge in [0.15, 0.2) is 5.82 Å². The minimum atomic E-state index is 0.151. The Morgan fingerprint density at radius 2 is 2.26 bits per heavy atom. The molecule has 0 amide bonds. The summed E-state index contributed by atoms with van der Waals surface area (Å²) in [5.41, 5.74) is 0.705. The fourth-order valence-corrected chi connectivity index (χ4v) is 2.35. The maximum Gasteiger partial charge on any atom is 0.258 e. The molecule has 1 atom stereocenters. The molecule has 0 radical (unpaired) electrons. The Bertz CT molecular complexity index is 579. The molecule has 0 aliphatic carbocycles. The molecule has 19 heavy (non-hydrogen) atoms. The second kappa shape index (κ2) is 5.30. The summed E-state index contributed by atoms with van der Waals surface area (Å²) in [7, 11) is 0. The zero-order chi connectivity index (χ0) is 13.2. The van der Waals surface area contributed by atoms with Crippen LogP contribution in [0.2, 0.25) is 0 Å². The van der Waals surface area contributed by atoms with E-state index in [9.17, 15) is 5.11 Å². The van der Waals surface area contributed by atoms with E-state index in [2.05, 4.69) is 26.1 Å². The summed E-state index contributed by atoms with van der Waals surface area (Å²) in [6, 6.07) is 5.16. The summed E-state index contributed by atoms with van der Waals surface area (Å²) >= 11 is 3.24. The lowest BCUT2D eigenvalue weighted by Gasteiger charge is -2.18. The number of hydrogen-bond donors (Lipinski definition) is 1. The second-order valence-electron chi connectivity index (χ2n) is 4.54. The number of halogens is 1. The van der Waals surface area contributed by atoms with Crippen LogP contribution in [0.15, 0.2) is 27.2 Å². The van der Waals surface area contributed by atoms with Crippen molar-refractivity contribution in [3.63, 3.8) is 0 Å². The predicted molar refractivity (Wildman–Crippen MR) is 71.9 cm³/mol.